The minimum absolute atomic E-state index is 0.0460. The van der Waals surface area contributed by atoms with Crippen LogP contribution in [0.5, 0.6) is 0 Å². The lowest BCUT2D eigenvalue weighted by atomic mass is 10.3. The molecule has 0 aliphatic heterocycles. The van der Waals surface area contributed by atoms with Gasteiger partial charge in [0.1, 0.15) is 5.82 Å². The predicted octanol–water partition coefficient (Wildman–Crippen LogP) is 4.51. The van der Waals surface area contributed by atoms with Crippen molar-refractivity contribution >= 4 is 22.7 Å². The van der Waals surface area contributed by atoms with Gasteiger partial charge in [0, 0.05) is 11.7 Å². The first-order valence-corrected chi connectivity index (χ1v) is 8.66. The van der Waals surface area contributed by atoms with Crippen molar-refractivity contribution in [3.8, 4) is 5.69 Å². The Morgan fingerprint density at radius 2 is 1.54 bits per heavy atom. The molecule has 0 saturated carbocycles. The summed E-state index contributed by atoms with van der Waals surface area (Å²) in [5, 5.41) is 3.30. The third kappa shape index (κ3) is 2.77. The molecule has 2 aromatic heterocycles. The zero-order valence-corrected chi connectivity index (χ0v) is 14.8. The highest BCUT2D eigenvalue weighted by Crippen LogP contribution is 2.22. The molecular formula is C21H20N4O. The van der Waals surface area contributed by atoms with Crippen molar-refractivity contribution in [2.45, 2.75) is 19.9 Å². The van der Waals surface area contributed by atoms with Crippen LogP contribution in [0.15, 0.2) is 77.6 Å². The Balaban J connectivity index is 1.92. The molecule has 5 nitrogen and oxygen atoms in total. The third-order valence-corrected chi connectivity index (χ3v) is 4.30. The lowest BCUT2D eigenvalue weighted by molar-refractivity contribution is 0.590. The normalized spacial score (nSPS) is 11.2. The summed E-state index contributed by atoms with van der Waals surface area (Å²) >= 11 is 0. The lowest BCUT2D eigenvalue weighted by Crippen LogP contribution is -2.24. The zero-order valence-electron chi connectivity index (χ0n) is 14.8. The molecule has 0 radical (unpaired) electrons. The van der Waals surface area contributed by atoms with Crippen molar-refractivity contribution in [2.75, 3.05) is 5.32 Å². The highest BCUT2D eigenvalue weighted by atomic mass is 16.1. The van der Waals surface area contributed by atoms with Crippen LogP contribution in [-0.4, -0.2) is 14.1 Å². The smallest absolute Gasteiger partial charge is 0.335 e. The molecule has 1 N–H and O–H groups in total. The first kappa shape index (κ1) is 16.1. The number of fused-ring (bicyclic) bond motifs is 1. The summed E-state index contributed by atoms with van der Waals surface area (Å²) in [5.74, 6) is 0.703. The van der Waals surface area contributed by atoms with Gasteiger partial charge in [0.05, 0.1) is 11.2 Å². The number of nitrogens with one attached hydrogen (secondary N) is 1. The molecule has 0 saturated heterocycles. The van der Waals surface area contributed by atoms with Crippen molar-refractivity contribution in [3.63, 3.8) is 0 Å². The number of anilines is 2. The Labute approximate surface area is 151 Å². The van der Waals surface area contributed by atoms with E-state index in [0.29, 0.717) is 11.5 Å². The molecule has 2 aromatic carbocycles. The van der Waals surface area contributed by atoms with E-state index in [9.17, 15) is 4.79 Å². The van der Waals surface area contributed by atoms with Gasteiger partial charge in [0.2, 0.25) is 0 Å². The monoisotopic (exact) mass is 344 g/mol. The van der Waals surface area contributed by atoms with Gasteiger partial charge in [-0.25, -0.2) is 14.3 Å². The molecule has 26 heavy (non-hydrogen) atoms. The Kier molecular flexibility index (Phi) is 4.05. The van der Waals surface area contributed by atoms with Crippen LogP contribution >= 0.6 is 0 Å². The van der Waals surface area contributed by atoms with Gasteiger partial charge in [-0.15, -0.1) is 0 Å². The fourth-order valence-corrected chi connectivity index (χ4v) is 3.14. The van der Waals surface area contributed by atoms with E-state index in [1.54, 1.807) is 9.13 Å². The summed E-state index contributed by atoms with van der Waals surface area (Å²) in [5.41, 5.74) is 3.16. The Morgan fingerprint density at radius 3 is 2.19 bits per heavy atom. The second-order valence-electron chi connectivity index (χ2n) is 6.45. The van der Waals surface area contributed by atoms with Crippen LogP contribution in [0.25, 0.3) is 16.9 Å². The Hall–Kier alpha value is -3.34. The average Bonchev–Trinajstić information content (AvgIpc) is 2.94. The minimum atomic E-state index is -0.0782. The molecule has 0 spiro atoms. The largest absolute Gasteiger partial charge is 0.340 e. The molecule has 2 heterocycles. The molecular weight excluding hydrogens is 324 g/mol. The minimum Gasteiger partial charge on any atom is -0.340 e. The number of hydrogen-bond acceptors (Lipinski definition) is 3. The molecule has 130 valence electrons. The quantitative estimate of drug-likeness (QED) is 0.592. The molecule has 0 aliphatic carbocycles. The number of pyridine rings is 1. The number of rotatable bonds is 4. The topological polar surface area (TPSA) is 51.9 Å². The van der Waals surface area contributed by atoms with E-state index in [-0.39, 0.29) is 11.7 Å². The van der Waals surface area contributed by atoms with E-state index in [0.717, 1.165) is 16.9 Å². The van der Waals surface area contributed by atoms with Gasteiger partial charge in [0.25, 0.3) is 0 Å². The summed E-state index contributed by atoms with van der Waals surface area (Å²) in [4.78, 5) is 17.8. The van der Waals surface area contributed by atoms with Crippen molar-refractivity contribution in [1.29, 1.82) is 0 Å². The van der Waals surface area contributed by atoms with Crippen LogP contribution in [0.3, 0.4) is 0 Å². The third-order valence-electron chi connectivity index (χ3n) is 4.30. The van der Waals surface area contributed by atoms with Gasteiger partial charge >= 0.3 is 5.69 Å². The van der Waals surface area contributed by atoms with Crippen LogP contribution < -0.4 is 11.0 Å². The first-order chi connectivity index (χ1) is 12.6. The molecule has 4 rings (SSSR count). The molecule has 0 amide bonds. The number of para-hydroxylation sites is 2. The van der Waals surface area contributed by atoms with Crippen molar-refractivity contribution in [2.24, 2.45) is 0 Å². The summed E-state index contributed by atoms with van der Waals surface area (Å²) in [6.45, 7) is 4.01. The van der Waals surface area contributed by atoms with Gasteiger partial charge in [-0.1, -0.05) is 36.4 Å². The Bertz CT molecular complexity index is 1100. The fraction of sp³-hybridized carbons (Fsp3) is 0.143. The van der Waals surface area contributed by atoms with Gasteiger partial charge in [-0.3, -0.25) is 4.57 Å². The number of benzene rings is 2. The maximum absolute atomic E-state index is 13.1. The number of aromatic nitrogens is 3. The number of imidazole rings is 1. The van der Waals surface area contributed by atoms with E-state index >= 15 is 0 Å². The van der Waals surface area contributed by atoms with E-state index in [1.165, 1.54) is 0 Å². The van der Waals surface area contributed by atoms with Crippen LogP contribution in [0.2, 0.25) is 0 Å². The maximum Gasteiger partial charge on any atom is 0.335 e. The lowest BCUT2D eigenvalue weighted by Gasteiger charge is -2.08. The second-order valence-corrected chi connectivity index (χ2v) is 6.45. The number of nitrogens with zero attached hydrogens (tertiary/aromatic N) is 3. The van der Waals surface area contributed by atoms with Crippen LogP contribution in [-0.2, 0) is 0 Å². The van der Waals surface area contributed by atoms with Crippen LogP contribution in [0, 0.1) is 0 Å². The molecule has 0 aliphatic rings. The van der Waals surface area contributed by atoms with Gasteiger partial charge in [0.15, 0.2) is 5.65 Å². The first-order valence-electron chi connectivity index (χ1n) is 8.66. The van der Waals surface area contributed by atoms with E-state index in [2.05, 4.69) is 5.32 Å². The molecule has 0 unspecified atom stereocenters. The highest BCUT2D eigenvalue weighted by molar-refractivity contribution is 5.77. The summed E-state index contributed by atoms with van der Waals surface area (Å²) < 4.78 is 3.45. The average molecular weight is 344 g/mol. The summed E-state index contributed by atoms with van der Waals surface area (Å²) in [6.07, 6.45) is 0. The number of hydrogen-bond donors (Lipinski definition) is 1. The van der Waals surface area contributed by atoms with Gasteiger partial charge in [-0.2, -0.15) is 0 Å². The summed E-state index contributed by atoms with van der Waals surface area (Å²) in [6, 6.07) is 23.4. The van der Waals surface area contributed by atoms with Crippen LogP contribution in [0.1, 0.15) is 19.9 Å². The van der Waals surface area contributed by atoms with E-state index in [4.69, 9.17) is 4.98 Å². The Morgan fingerprint density at radius 1 is 0.885 bits per heavy atom. The van der Waals surface area contributed by atoms with Gasteiger partial charge in [-0.05, 0) is 50.2 Å². The van der Waals surface area contributed by atoms with Crippen LogP contribution in [0.4, 0.5) is 11.5 Å². The molecule has 5 heteroatoms. The SMILES string of the molecule is CC(C)n1c(=O)n(-c2ccccc2)c2nc(Nc3ccccc3)ccc21. The predicted molar refractivity (Wildman–Crippen MR) is 105 cm³/mol. The van der Waals surface area contributed by atoms with Crippen molar-refractivity contribution in [3.05, 3.63) is 83.3 Å². The van der Waals surface area contributed by atoms with Crippen molar-refractivity contribution in [1.82, 2.24) is 14.1 Å². The standard InChI is InChI=1S/C21H20N4O/c1-15(2)24-18-13-14-19(22-16-9-5-3-6-10-16)23-20(18)25(21(24)26)17-11-7-4-8-12-17/h3-15H,1-2H3,(H,22,23). The molecule has 0 atom stereocenters. The van der Waals surface area contributed by atoms with E-state index < -0.39 is 0 Å². The highest BCUT2D eigenvalue weighted by Gasteiger charge is 2.18. The molecule has 4 aromatic rings. The summed E-state index contributed by atoms with van der Waals surface area (Å²) in [7, 11) is 0. The fourth-order valence-electron chi connectivity index (χ4n) is 3.14. The van der Waals surface area contributed by atoms with Gasteiger partial charge < -0.3 is 5.32 Å². The molecule has 0 fully saturated rings. The maximum atomic E-state index is 13.1. The second kappa shape index (κ2) is 6.52. The van der Waals surface area contributed by atoms with Crippen molar-refractivity contribution < 1.29 is 0 Å². The zero-order chi connectivity index (χ0) is 18.1. The molecule has 0 bridgehead atoms. The van der Waals surface area contributed by atoms with E-state index in [1.807, 2.05) is 86.6 Å².